The summed E-state index contributed by atoms with van der Waals surface area (Å²) in [7, 11) is 1.65. The maximum absolute atomic E-state index is 10.9. The van der Waals surface area contributed by atoms with Crippen LogP contribution in [0.3, 0.4) is 0 Å². The molecular weight excluding hydrogens is 134 g/mol. The van der Waals surface area contributed by atoms with Crippen molar-refractivity contribution in [1.82, 2.24) is 9.91 Å². The first kappa shape index (κ1) is 7.30. The predicted molar refractivity (Wildman–Crippen MR) is 34.9 cm³/mol. The second-order valence-electron chi connectivity index (χ2n) is 2.41. The Balaban J connectivity index is 2.61. The number of hydrazine groups is 1. The van der Waals surface area contributed by atoms with Crippen LogP contribution < -0.4 is 5.84 Å². The van der Waals surface area contributed by atoms with Crippen molar-refractivity contribution in [1.29, 1.82) is 0 Å². The first-order valence-electron chi connectivity index (χ1n) is 3.06. The molecule has 1 rings (SSSR count). The molecule has 0 aliphatic carbocycles. The summed E-state index contributed by atoms with van der Waals surface area (Å²) >= 11 is 0. The lowest BCUT2D eigenvalue weighted by Gasteiger charge is -2.13. The smallest absolute Gasteiger partial charge is 0.334 e. The lowest BCUT2D eigenvalue weighted by molar-refractivity contribution is 0.165. The standard InChI is InChI=1S/C5H11N3O2/c1-7-2-4(3-9)8(6)5(7)10/h4,9H,2-3,6H2,1H3. The molecule has 1 aliphatic rings. The van der Waals surface area contributed by atoms with Crippen LogP contribution in [0.2, 0.25) is 0 Å². The Morgan fingerprint density at radius 2 is 2.50 bits per heavy atom. The zero-order chi connectivity index (χ0) is 7.72. The number of nitrogens with two attached hydrogens (primary N) is 1. The average Bonchev–Trinajstić information content (AvgIpc) is 2.17. The number of rotatable bonds is 1. The van der Waals surface area contributed by atoms with E-state index in [-0.39, 0.29) is 18.7 Å². The minimum Gasteiger partial charge on any atom is -0.394 e. The Bertz CT molecular complexity index is 150. The Hall–Kier alpha value is -0.810. The summed E-state index contributed by atoms with van der Waals surface area (Å²) in [6.07, 6.45) is 0. The topological polar surface area (TPSA) is 69.8 Å². The number of amides is 2. The molecule has 2 amide bonds. The maximum Gasteiger partial charge on any atom is 0.334 e. The van der Waals surface area contributed by atoms with Gasteiger partial charge in [0, 0.05) is 13.6 Å². The molecule has 3 N–H and O–H groups in total. The Kier molecular flexibility index (Phi) is 1.78. The van der Waals surface area contributed by atoms with Crippen LogP contribution in [0.25, 0.3) is 0 Å². The van der Waals surface area contributed by atoms with Gasteiger partial charge in [-0.1, -0.05) is 0 Å². The molecule has 0 aromatic carbocycles. The third-order valence-corrected chi connectivity index (χ3v) is 1.64. The number of aliphatic hydroxyl groups is 1. The Morgan fingerprint density at radius 1 is 1.90 bits per heavy atom. The minimum atomic E-state index is -0.238. The maximum atomic E-state index is 10.9. The van der Waals surface area contributed by atoms with Crippen LogP contribution in [-0.2, 0) is 0 Å². The molecule has 0 aromatic heterocycles. The summed E-state index contributed by atoms with van der Waals surface area (Å²) in [4.78, 5) is 12.4. The Morgan fingerprint density at radius 3 is 2.70 bits per heavy atom. The van der Waals surface area contributed by atoms with Gasteiger partial charge in [-0.2, -0.15) is 0 Å². The summed E-state index contributed by atoms with van der Waals surface area (Å²) in [5.74, 6) is 5.31. The van der Waals surface area contributed by atoms with Crippen LogP contribution in [0.1, 0.15) is 0 Å². The SMILES string of the molecule is CN1CC(CO)N(N)C1=O. The van der Waals surface area contributed by atoms with Gasteiger partial charge in [0.05, 0.1) is 12.6 Å². The molecule has 1 atom stereocenters. The average molecular weight is 145 g/mol. The van der Waals surface area contributed by atoms with Crippen molar-refractivity contribution in [3.05, 3.63) is 0 Å². The fraction of sp³-hybridized carbons (Fsp3) is 0.800. The minimum absolute atomic E-state index is 0.0768. The predicted octanol–water partition coefficient (Wildman–Crippen LogP) is -1.41. The van der Waals surface area contributed by atoms with Gasteiger partial charge in [0.2, 0.25) is 0 Å². The van der Waals surface area contributed by atoms with Crippen LogP contribution in [0.4, 0.5) is 4.79 Å². The molecule has 0 bridgehead atoms. The fourth-order valence-corrected chi connectivity index (χ4v) is 0.981. The second kappa shape index (κ2) is 2.43. The zero-order valence-corrected chi connectivity index (χ0v) is 5.82. The van der Waals surface area contributed by atoms with Gasteiger partial charge in [-0.15, -0.1) is 0 Å². The highest BCUT2D eigenvalue weighted by molar-refractivity contribution is 5.76. The molecule has 1 unspecified atom stereocenters. The lowest BCUT2D eigenvalue weighted by atomic mass is 10.3. The molecule has 1 heterocycles. The molecule has 10 heavy (non-hydrogen) atoms. The highest BCUT2D eigenvalue weighted by atomic mass is 16.3. The molecule has 0 spiro atoms. The van der Waals surface area contributed by atoms with Crippen LogP contribution in [0.5, 0.6) is 0 Å². The number of carbonyl (C=O) groups excluding carboxylic acids is 1. The zero-order valence-electron chi connectivity index (χ0n) is 5.82. The molecular formula is C5H11N3O2. The first-order valence-corrected chi connectivity index (χ1v) is 3.06. The fourth-order valence-electron chi connectivity index (χ4n) is 0.981. The van der Waals surface area contributed by atoms with E-state index in [4.69, 9.17) is 10.9 Å². The number of urea groups is 1. The summed E-state index contributed by atoms with van der Waals surface area (Å²) in [6.45, 7) is 0.429. The third-order valence-electron chi connectivity index (χ3n) is 1.64. The van der Waals surface area contributed by atoms with Crippen molar-refractivity contribution in [3.8, 4) is 0 Å². The van der Waals surface area contributed by atoms with Crippen molar-refractivity contribution >= 4 is 6.03 Å². The van der Waals surface area contributed by atoms with Crippen molar-refractivity contribution < 1.29 is 9.90 Å². The monoisotopic (exact) mass is 145 g/mol. The third kappa shape index (κ3) is 0.932. The number of nitrogens with zero attached hydrogens (tertiary/aromatic N) is 2. The quantitative estimate of drug-likeness (QED) is 0.352. The van der Waals surface area contributed by atoms with Gasteiger partial charge in [-0.25, -0.2) is 10.6 Å². The van der Waals surface area contributed by atoms with Crippen LogP contribution in [-0.4, -0.2) is 47.3 Å². The van der Waals surface area contributed by atoms with Gasteiger partial charge in [0.1, 0.15) is 0 Å². The number of hydrogen-bond donors (Lipinski definition) is 2. The van der Waals surface area contributed by atoms with E-state index in [2.05, 4.69) is 0 Å². The van der Waals surface area contributed by atoms with Gasteiger partial charge in [-0.05, 0) is 0 Å². The van der Waals surface area contributed by atoms with E-state index in [1.165, 1.54) is 4.90 Å². The van der Waals surface area contributed by atoms with Crippen LogP contribution >= 0.6 is 0 Å². The van der Waals surface area contributed by atoms with Crippen molar-refractivity contribution in [2.75, 3.05) is 20.2 Å². The molecule has 0 saturated carbocycles. The largest absolute Gasteiger partial charge is 0.394 e. The van der Waals surface area contributed by atoms with E-state index >= 15 is 0 Å². The number of hydrogen-bond acceptors (Lipinski definition) is 3. The summed E-state index contributed by atoms with van der Waals surface area (Å²) in [5.41, 5.74) is 0. The van der Waals surface area contributed by atoms with Crippen molar-refractivity contribution in [3.63, 3.8) is 0 Å². The van der Waals surface area contributed by atoms with Crippen LogP contribution in [0.15, 0.2) is 0 Å². The highest BCUT2D eigenvalue weighted by Crippen LogP contribution is 2.07. The molecule has 5 nitrogen and oxygen atoms in total. The molecule has 0 aromatic rings. The van der Waals surface area contributed by atoms with E-state index < -0.39 is 0 Å². The molecule has 58 valence electrons. The van der Waals surface area contributed by atoms with Gasteiger partial charge in [-0.3, -0.25) is 5.01 Å². The lowest BCUT2D eigenvalue weighted by Crippen LogP contribution is -2.42. The number of aliphatic hydroxyl groups excluding tert-OH is 1. The van der Waals surface area contributed by atoms with Gasteiger partial charge < -0.3 is 10.0 Å². The Labute approximate surface area is 59.0 Å². The summed E-state index contributed by atoms with van der Waals surface area (Å²) in [5, 5.41) is 9.73. The molecule has 5 heteroatoms. The van der Waals surface area contributed by atoms with Crippen LogP contribution in [0, 0.1) is 0 Å². The van der Waals surface area contributed by atoms with Gasteiger partial charge in [0.25, 0.3) is 0 Å². The highest BCUT2D eigenvalue weighted by Gasteiger charge is 2.31. The molecule has 1 fully saturated rings. The van der Waals surface area contributed by atoms with E-state index in [0.717, 1.165) is 5.01 Å². The van der Waals surface area contributed by atoms with Gasteiger partial charge >= 0.3 is 6.03 Å². The number of carbonyl (C=O) groups is 1. The summed E-state index contributed by atoms with van der Waals surface area (Å²) < 4.78 is 0. The summed E-state index contributed by atoms with van der Waals surface area (Å²) in [6, 6.07) is -0.475. The molecule has 0 radical (unpaired) electrons. The first-order chi connectivity index (χ1) is 4.66. The van der Waals surface area contributed by atoms with E-state index in [9.17, 15) is 4.79 Å². The van der Waals surface area contributed by atoms with Crippen molar-refractivity contribution in [2.24, 2.45) is 5.84 Å². The normalized spacial score (nSPS) is 26.3. The second-order valence-corrected chi connectivity index (χ2v) is 2.41. The van der Waals surface area contributed by atoms with Gasteiger partial charge in [0.15, 0.2) is 0 Å². The van der Waals surface area contributed by atoms with E-state index in [0.29, 0.717) is 6.54 Å². The van der Waals surface area contributed by atoms with E-state index in [1.54, 1.807) is 7.05 Å². The van der Waals surface area contributed by atoms with Crippen molar-refractivity contribution in [2.45, 2.75) is 6.04 Å². The number of likely N-dealkylation sites (N-methyl/N-ethyl adjacent to an activating group) is 1. The molecule has 1 aliphatic heterocycles. The van der Waals surface area contributed by atoms with E-state index in [1.807, 2.05) is 0 Å². The molecule has 1 saturated heterocycles.